The molecule has 1 N–H and O–H groups in total. The molecule has 1 fully saturated rings. The SMILES string of the molecule is C=C(C)O.CC1CCCC1. The van der Waals surface area contributed by atoms with Gasteiger partial charge in [0.2, 0.25) is 0 Å². The highest BCUT2D eigenvalue weighted by Crippen LogP contribution is 2.22. The van der Waals surface area contributed by atoms with E-state index in [0.29, 0.717) is 0 Å². The van der Waals surface area contributed by atoms with Gasteiger partial charge in [-0.3, -0.25) is 0 Å². The Bertz CT molecular complexity index is 86.9. The number of aliphatic hydroxyl groups is 1. The molecular formula is C9H18O. The summed E-state index contributed by atoms with van der Waals surface area (Å²) in [5.41, 5.74) is 0. The molecule has 60 valence electrons. The summed E-state index contributed by atoms with van der Waals surface area (Å²) in [6, 6.07) is 0. The van der Waals surface area contributed by atoms with Gasteiger partial charge in [-0.25, -0.2) is 0 Å². The molecule has 0 amide bonds. The van der Waals surface area contributed by atoms with Gasteiger partial charge in [0.1, 0.15) is 0 Å². The van der Waals surface area contributed by atoms with Crippen LogP contribution in [0.15, 0.2) is 12.3 Å². The van der Waals surface area contributed by atoms with Crippen LogP contribution >= 0.6 is 0 Å². The lowest BCUT2D eigenvalue weighted by atomic mass is 10.2. The highest BCUT2D eigenvalue weighted by Gasteiger charge is 2.07. The Kier molecular flexibility index (Phi) is 5.09. The summed E-state index contributed by atoms with van der Waals surface area (Å²) in [7, 11) is 0. The van der Waals surface area contributed by atoms with Gasteiger partial charge in [0.05, 0.1) is 5.76 Å². The van der Waals surface area contributed by atoms with E-state index < -0.39 is 0 Å². The van der Waals surface area contributed by atoms with E-state index in [4.69, 9.17) is 5.11 Å². The maximum absolute atomic E-state index is 7.86. The van der Waals surface area contributed by atoms with Gasteiger partial charge < -0.3 is 5.11 Å². The number of rotatable bonds is 0. The van der Waals surface area contributed by atoms with Crippen molar-refractivity contribution in [1.82, 2.24) is 0 Å². The number of allylic oxidation sites excluding steroid dienone is 1. The molecule has 0 spiro atoms. The molecule has 1 nitrogen and oxygen atoms in total. The van der Waals surface area contributed by atoms with Crippen molar-refractivity contribution in [2.45, 2.75) is 39.5 Å². The van der Waals surface area contributed by atoms with Gasteiger partial charge in [0.15, 0.2) is 0 Å². The van der Waals surface area contributed by atoms with Crippen molar-refractivity contribution in [3.8, 4) is 0 Å². The van der Waals surface area contributed by atoms with E-state index in [0.717, 1.165) is 5.92 Å². The molecule has 0 unspecified atom stereocenters. The van der Waals surface area contributed by atoms with Gasteiger partial charge in [-0.2, -0.15) is 0 Å². The first kappa shape index (κ1) is 9.54. The van der Waals surface area contributed by atoms with E-state index in [1.54, 1.807) is 0 Å². The fraction of sp³-hybridized carbons (Fsp3) is 0.778. The maximum atomic E-state index is 7.86. The zero-order valence-corrected chi connectivity index (χ0v) is 7.06. The molecule has 0 aromatic heterocycles. The fourth-order valence-corrected chi connectivity index (χ4v) is 1.13. The van der Waals surface area contributed by atoms with Crippen LogP contribution in [0, 0.1) is 5.92 Å². The quantitative estimate of drug-likeness (QED) is 0.515. The third-order valence-corrected chi connectivity index (χ3v) is 1.64. The zero-order valence-electron chi connectivity index (χ0n) is 7.06. The van der Waals surface area contributed by atoms with E-state index in [9.17, 15) is 0 Å². The van der Waals surface area contributed by atoms with Gasteiger partial charge >= 0.3 is 0 Å². The molecule has 0 saturated heterocycles. The largest absolute Gasteiger partial charge is 0.513 e. The normalized spacial score (nSPS) is 17.8. The van der Waals surface area contributed by atoms with Crippen LogP contribution in [0.1, 0.15) is 39.5 Å². The van der Waals surface area contributed by atoms with Crippen LogP contribution in [0.3, 0.4) is 0 Å². The lowest BCUT2D eigenvalue weighted by Gasteiger charge is -1.91. The van der Waals surface area contributed by atoms with E-state index >= 15 is 0 Å². The van der Waals surface area contributed by atoms with Crippen molar-refractivity contribution < 1.29 is 5.11 Å². The molecule has 0 aromatic rings. The highest BCUT2D eigenvalue weighted by molar-refractivity contribution is 4.67. The van der Waals surface area contributed by atoms with Crippen LogP contribution in [-0.4, -0.2) is 5.11 Å². The standard InChI is InChI=1S/C6H12.C3H6O/c1-6-4-2-3-5-6;1-3(2)4/h6H,2-5H2,1H3;4H,1H2,2H3. The second kappa shape index (κ2) is 5.33. The molecule has 1 saturated carbocycles. The Morgan fingerprint density at radius 3 is 1.80 bits per heavy atom. The molecule has 1 aliphatic carbocycles. The molecule has 1 heteroatoms. The molecule has 10 heavy (non-hydrogen) atoms. The molecular weight excluding hydrogens is 124 g/mol. The minimum Gasteiger partial charge on any atom is -0.513 e. The van der Waals surface area contributed by atoms with Gasteiger partial charge in [-0.1, -0.05) is 39.2 Å². The van der Waals surface area contributed by atoms with Crippen LogP contribution < -0.4 is 0 Å². The summed E-state index contributed by atoms with van der Waals surface area (Å²) in [4.78, 5) is 0. The second-order valence-electron chi connectivity index (χ2n) is 3.12. The minimum atomic E-state index is 0.167. The number of hydrogen-bond donors (Lipinski definition) is 1. The first-order valence-corrected chi connectivity index (χ1v) is 3.97. The van der Waals surface area contributed by atoms with E-state index in [2.05, 4.69) is 13.5 Å². The fourth-order valence-electron chi connectivity index (χ4n) is 1.13. The Morgan fingerprint density at radius 1 is 1.40 bits per heavy atom. The molecule has 0 aliphatic heterocycles. The minimum absolute atomic E-state index is 0.167. The molecule has 0 atom stereocenters. The average Bonchev–Trinajstić information content (AvgIpc) is 2.15. The molecule has 1 aliphatic rings. The summed E-state index contributed by atoms with van der Waals surface area (Å²) in [6.45, 7) is 6.98. The third kappa shape index (κ3) is 7.54. The Hall–Kier alpha value is -0.460. The van der Waals surface area contributed by atoms with Crippen LogP contribution in [0.5, 0.6) is 0 Å². The lowest BCUT2D eigenvalue weighted by molar-refractivity contribution is 0.417. The molecule has 1 rings (SSSR count). The van der Waals surface area contributed by atoms with Crippen molar-refractivity contribution in [2.24, 2.45) is 5.92 Å². The van der Waals surface area contributed by atoms with E-state index in [1.807, 2.05) is 0 Å². The number of aliphatic hydroxyl groups excluding tert-OH is 1. The van der Waals surface area contributed by atoms with E-state index in [-0.39, 0.29) is 5.76 Å². The lowest BCUT2D eigenvalue weighted by Crippen LogP contribution is -1.78. The summed E-state index contributed by atoms with van der Waals surface area (Å²) in [6.07, 6.45) is 5.95. The monoisotopic (exact) mass is 142 g/mol. The second-order valence-corrected chi connectivity index (χ2v) is 3.12. The Labute approximate surface area is 63.8 Å². The summed E-state index contributed by atoms with van der Waals surface area (Å²) < 4.78 is 0. The number of hydrogen-bond acceptors (Lipinski definition) is 1. The molecule has 0 heterocycles. The average molecular weight is 142 g/mol. The van der Waals surface area contributed by atoms with Gasteiger partial charge in [0, 0.05) is 0 Å². The van der Waals surface area contributed by atoms with Crippen LogP contribution in [-0.2, 0) is 0 Å². The Balaban J connectivity index is 0.000000180. The maximum Gasteiger partial charge on any atom is 0.0820 e. The van der Waals surface area contributed by atoms with Crippen molar-refractivity contribution in [3.63, 3.8) is 0 Å². The first-order valence-electron chi connectivity index (χ1n) is 3.97. The molecule has 0 radical (unpaired) electrons. The van der Waals surface area contributed by atoms with Crippen LogP contribution in [0.25, 0.3) is 0 Å². The third-order valence-electron chi connectivity index (χ3n) is 1.64. The topological polar surface area (TPSA) is 20.2 Å². The highest BCUT2D eigenvalue weighted by atomic mass is 16.3. The molecule has 0 bridgehead atoms. The molecule has 0 aromatic carbocycles. The summed E-state index contributed by atoms with van der Waals surface area (Å²) in [5, 5.41) is 7.86. The van der Waals surface area contributed by atoms with Crippen molar-refractivity contribution in [2.75, 3.05) is 0 Å². The zero-order chi connectivity index (χ0) is 7.98. The predicted octanol–water partition coefficient (Wildman–Crippen LogP) is 3.27. The Morgan fingerprint density at radius 2 is 1.70 bits per heavy atom. The van der Waals surface area contributed by atoms with E-state index in [1.165, 1.54) is 32.6 Å². The van der Waals surface area contributed by atoms with Crippen LogP contribution in [0.2, 0.25) is 0 Å². The van der Waals surface area contributed by atoms with Crippen LogP contribution in [0.4, 0.5) is 0 Å². The first-order chi connectivity index (χ1) is 4.63. The van der Waals surface area contributed by atoms with Gasteiger partial charge in [-0.05, 0) is 12.8 Å². The van der Waals surface area contributed by atoms with Crippen molar-refractivity contribution in [1.29, 1.82) is 0 Å². The van der Waals surface area contributed by atoms with Gasteiger partial charge in [0.25, 0.3) is 0 Å². The van der Waals surface area contributed by atoms with Crippen molar-refractivity contribution >= 4 is 0 Å². The van der Waals surface area contributed by atoms with Gasteiger partial charge in [-0.15, -0.1) is 0 Å². The van der Waals surface area contributed by atoms with Crippen molar-refractivity contribution in [3.05, 3.63) is 12.3 Å². The predicted molar refractivity (Wildman–Crippen MR) is 45.1 cm³/mol. The summed E-state index contributed by atoms with van der Waals surface area (Å²) >= 11 is 0. The smallest absolute Gasteiger partial charge is 0.0820 e. The summed E-state index contributed by atoms with van der Waals surface area (Å²) in [5.74, 6) is 1.21.